The molecule has 2 N–H and O–H groups in total. The maximum atomic E-state index is 11.3. The Balaban J connectivity index is 1.79. The van der Waals surface area contributed by atoms with Gasteiger partial charge in [0.25, 0.3) is 0 Å². The Morgan fingerprint density at radius 1 is 1.04 bits per heavy atom. The van der Waals surface area contributed by atoms with Crippen molar-refractivity contribution in [3.63, 3.8) is 0 Å². The van der Waals surface area contributed by atoms with Crippen molar-refractivity contribution in [3.05, 3.63) is 71.8 Å². The van der Waals surface area contributed by atoms with E-state index in [1.165, 1.54) is 16.0 Å². The summed E-state index contributed by atoms with van der Waals surface area (Å²) >= 11 is 0. The zero-order valence-corrected chi connectivity index (χ0v) is 14.3. The molecule has 0 saturated carbocycles. The lowest BCUT2D eigenvalue weighted by molar-refractivity contribution is -0.0444. The van der Waals surface area contributed by atoms with Gasteiger partial charge in [-0.2, -0.15) is 0 Å². The standard InChI is InChI=1S/C21H25NO3/c23-19-16-22(20(24)25)14-13-21(19,15-18-9-5-2-6-10-18)12-11-17-7-3-1-4-8-17/h1-10,19,23H,11-16H2,(H,24,25)/t19-,21-/m0/s1. The summed E-state index contributed by atoms with van der Waals surface area (Å²) in [6, 6.07) is 20.5. The van der Waals surface area contributed by atoms with Gasteiger partial charge < -0.3 is 15.1 Å². The van der Waals surface area contributed by atoms with E-state index in [1.807, 2.05) is 36.4 Å². The summed E-state index contributed by atoms with van der Waals surface area (Å²) in [4.78, 5) is 12.6. The average molecular weight is 339 g/mol. The molecule has 0 bridgehead atoms. The van der Waals surface area contributed by atoms with Crippen LogP contribution in [0.25, 0.3) is 0 Å². The SMILES string of the molecule is O=C(O)N1CC[C@@](CCc2ccccc2)(Cc2ccccc2)[C@@H](O)C1. The van der Waals surface area contributed by atoms with E-state index in [0.717, 1.165) is 19.3 Å². The van der Waals surface area contributed by atoms with Crippen molar-refractivity contribution in [1.82, 2.24) is 4.90 Å². The van der Waals surface area contributed by atoms with Gasteiger partial charge in [0.1, 0.15) is 0 Å². The summed E-state index contributed by atoms with van der Waals surface area (Å²) in [6.07, 6.45) is 1.59. The Morgan fingerprint density at radius 2 is 1.64 bits per heavy atom. The molecule has 1 saturated heterocycles. The normalized spacial score (nSPS) is 23.4. The first-order chi connectivity index (χ1) is 12.1. The second-order valence-electron chi connectivity index (χ2n) is 7.00. The molecule has 3 rings (SSSR count). The van der Waals surface area contributed by atoms with Crippen molar-refractivity contribution in [2.24, 2.45) is 5.41 Å². The first-order valence-electron chi connectivity index (χ1n) is 8.83. The van der Waals surface area contributed by atoms with E-state index in [9.17, 15) is 15.0 Å². The maximum Gasteiger partial charge on any atom is 0.407 e. The number of likely N-dealkylation sites (tertiary alicyclic amines) is 1. The molecule has 132 valence electrons. The molecule has 1 fully saturated rings. The molecule has 4 nitrogen and oxygen atoms in total. The zero-order valence-electron chi connectivity index (χ0n) is 14.3. The summed E-state index contributed by atoms with van der Waals surface area (Å²) in [6.45, 7) is 0.672. The molecule has 25 heavy (non-hydrogen) atoms. The summed E-state index contributed by atoms with van der Waals surface area (Å²) < 4.78 is 0. The van der Waals surface area contributed by atoms with E-state index in [-0.39, 0.29) is 12.0 Å². The van der Waals surface area contributed by atoms with E-state index in [1.54, 1.807) is 0 Å². The van der Waals surface area contributed by atoms with Crippen LogP contribution in [-0.2, 0) is 12.8 Å². The number of β-amino-alcohol motifs (C(OH)–C–C–N with tert-alkyl or cyclic N) is 1. The van der Waals surface area contributed by atoms with Crippen molar-refractivity contribution >= 4 is 6.09 Å². The van der Waals surface area contributed by atoms with E-state index >= 15 is 0 Å². The second kappa shape index (κ2) is 7.70. The predicted molar refractivity (Wildman–Crippen MR) is 97.6 cm³/mol. The van der Waals surface area contributed by atoms with E-state index in [4.69, 9.17) is 0 Å². The van der Waals surface area contributed by atoms with Gasteiger partial charge in [0.05, 0.1) is 12.6 Å². The van der Waals surface area contributed by atoms with Crippen LogP contribution >= 0.6 is 0 Å². The van der Waals surface area contributed by atoms with Gasteiger partial charge in [-0.3, -0.25) is 0 Å². The number of carbonyl (C=O) groups is 1. The third kappa shape index (κ3) is 4.20. The van der Waals surface area contributed by atoms with Crippen LogP contribution in [0.3, 0.4) is 0 Å². The summed E-state index contributed by atoms with van der Waals surface area (Å²) in [5.41, 5.74) is 2.16. The lowest BCUT2D eigenvalue weighted by Crippen LogP contribution is -2.53. The fourth-order valence-electron chi connectivity index (χ4n) is 3.82. The molecule has 0 aromatic heterocycles. The topological polar surface area (TPSA) is 60.8 Å². The van der Waals surface area contributed by atoms with Crippen LogP contribution in [0.1, 0.15) is 24.0 Å². The van der Waals surface area contributed by atoms with Crippen molar-refractivity contribution in [3.8, 4) is 0 Å². The van der Waals surface area contributed by atoms with E-state index in [2.05, 4.69) is 24.3 Å². The largest absolute Gasteiger partial charge is 0.465 e. The van der Waals surface area contributed by atoms with Gasteiger partial charge in [-0.15, -0.1) is 0 Å². The van der Waals surface area contributed by atoms with Crippen LogP contribution in [0.4, 0.5) is 4.79 Å². The minimum absolute atomic E-state index is 0.191. The minimum atomic E-state index is -0.949. The van der Waals surface area contributed by atoms with Gasteiger partial charge in [0, 0.05) is 12.0 Å². The Kier molecular flexibility index (Phi) is 5.39. The molecule has 1 aliphatic rings. The highest BCUT2D eigenvalue weighted by Crippen LogP contribution is 2.40. The number of rotatable bonds is 5. The Morgan fingerprint density at radius 3 is 2.20 bits per heavy atom. The maximum absolute atomic E-state index is 11.3. The highest BCUT2D eigenvalue weighted by Gasteiger charge is 2.43. The molecule has 2 atom stereocenters. The molecule has 0 radical (unpaired) electrons. The molecule has 0 spiro atoms. The second-order valence-corrected chi connectivity index (χ2v) is 7.00. The molecule has 1 amide bonds. The first-order valence-corrected chi connectivity index (χ1v) is 8.83. The van der Waals surface area contributed by atoms with Gasteiger partial charge in [0.15, 0.2) is 0 Å². The lowest BCUT2D eigenvalue weighted by Gasteiger charge is -2.45. The van der Waals surface area contributed by atoms with Crippen LogP contribution in [0.2, 0.25) is 0 Å². The fourth-order valence-corrected chi connectivity index (χ4v) is 3.82. The summed E-state index contributed by atoms with van der Waals surface area (Å²) in [5, 5.41) is 20.1. The summed E-state index contributed by atoms with van der Waals surface area (Å²) in [5.74, 6) is 0. The van der Waals surface area contributed by atoms with Gasteiger partial charge in [0.2, 0.25) is 0 Å². The molecule has 1 aliphatic heterocycles. The molecule has 0 unspecified atom stereocenters. The van der Waals surface area contributed by atoms with Crippen molar-refractivity contribution in [2.75, 3.05) is 13.1 Å². The molecular formula is C21H25NO3. The number of benzene rings is 2. The first kappa shape index (κ1) is 17.5. The van der Waals surface area contributed by atoms with Crippen LogP contribution in [0.15, 0.2) is 60.7 Å². The van der Waals surface area contributed by atoms with Crippen LogP contribution < -0.4 is 0 Å². The van der Waals surface area contributed by atoms with Gasteiger partial charge in [-0.1, -0.05) is 60.7 Å². The number of amides is 1. The molecule has 2 aromatic rings. The van der Waals surface area contributed by atoms with Crippen molar-refractivity contribution in [2.45, 2.75) is 31.8 Å². The third-order valence-corrected chi connectivity index (χ3v) is 5.40. The predicted octanol–water partition coefficient (Wildman–Crippen LogP) is 3.59. The molecular weight excluding hydrogens is 314 g/mol. The number of carboxylic acid groups (broad SMARTS) is 1. The van der Waals surface area contributed by atoms with Gasteiger partial charge in [-0.05, 0) is 36.8 Å². The van der Waals surface area contributed by atoms with E-state index in [0.29, 0.717) is 13.0 Å². The fraction of sp³-hybridized carbons (Fsp3) is 0.381. The van der Waals surface area contributed by atoms with Crippen LogP contribution in [-0.4, -0.2) is 40.4 Å². The molecule has 2 aromatic carbocycles. The lowest BCUT2D eigenvalue weighted by atomic mass is 9.68. The van der Waals surface area contributed by atoms with Gasteiger partial charge in [-0.25, -0.2) is 4.79 Å². The van der Waals surface area contributed by atoms with Gasteiger partial charge >= 0.3 is 6.09 Å². The van der Waals surface area contributed by atoms with Crippen molar-refractivity contribution < 1.29 is 15.0 Å². The van der Waals surface area contributed by atoms with Crippen molar-refractivity contribution in [1.29, 1.82) is 0 Å². The zero-order chi connectivity index (χ0) is 17.7. The number of piperidine rings is 1. The number of hydrogen-bond acceptors (Lipinski definition) is 2. The number of aliphatic hydroxyl groups is 1. The molecule has 4 heteroatoms. The minimum Gasteiger partial charge on any atom is -0.465 e. The number of aliphatic hydroxyl groups excluding tert-OH is 1. The molecule has 0 aliphatic carbocycles. The quantitative estimate of drug-likeness (QED) is 0.875. The summed E-state index contributed by atoms with van der Waals surface area (Å²) in [7, 11) is 0. The average Bonchev–Trinajstić information content (AvgIpc) is 2.64. The Bertz CT molecular complexity index is 689. The van der Waals surface area contributed by atoms with Crippen LogP contribution in [0, 0.1) is 5.41 Å². The number of nitrogens with zero attached hydrogens (tertiary/aromatic N) is 1. The van der Waals surface area contributed by atoms with E-state index < -0.39 is 12.2 Å². The highest BCUT2D eigenvalue weighted by atomic mass is 16.4. The third-order valence-electron chi connectivity index (χ3n) is 5.40. The highest BCUT2D eigenvalue weighted by molar-refractivity contribution is 5.65. The smallest absolute Gasteiger partial charge is 0.407 e. The monoisotopic (exact) mass is 339 g/mol. The number of aryl methyl sites for hydroxylation is 1. The molecule has 1 heterocycles. The number of hydrogen-bond donors (Lipinski definition) is 2. The van der Waals surface area contributed by atoms with Crippen LogP contribution in [0.5, 0.6) is 0 Å². The Hall–Kier alpha value is -2.33. The Labute approximate surface area is 148 Å².